The fourth-order valence-corrected chi connectivity index (χ4v) is 2.50. The van der Waals surface area contributed by atoms with Crippen LogP contribution in [0.5, 0.6) is 0 Å². The summed E-state index contributed by atoms with van der Waals surface area (Å²) in [7, 11) is 0. The van der Waals surface area contributed by atoms with Crippen LogP contribution < -0.4 is 5.73 Å². The number of aromatic nitrogens is 1. The molecule has 15 heavy (non-hydrogen) atoms. The van der Waals surface area contributed by atoms with Gasteiger partial charge in [-0.3, -0.25) is 0 Å². The molecule has 78 valence electrons. The molecule has 2 aromatic rings. The monoisotopic (exact) mass is 286 g/mol. The Bertz CT molecular complexity index is 455. The second kappa shape index (κ2) is 4.38. The fourth-order valence-electron chi connectivity index (χ4n) is 1.22. The Morgan fingerprint density at radius 1 is 1.33 bits per heavy atom. The van der Waals surface area contributed by atoms with Crippen molar-refractivity contribution in [3.05, 3.63) is 50.6 Å². The zero-order valence-corrected chi connectivity index (χ0v) is 10.1. The number of hydrogen-bond donors (Lipinski definition) is 1. The summed E-state index contributed by atoms with van der Waals surface area (Å²) < 4.78 is 13.6. The lowest BCUT2D eigenvalue weighted by molar-refractivity contribution is 0.626. The number of rotatable bonds is 2. The molecular formula is C10H8BrFN2S. The number of halogens is 2. The summed E-state index contributed by atoms with van der Waals surface area (Å²) >= 11 is 4.81. The number of benzene rings is 1. The average Bonchev–Trinajstić information content (AvgIpc) is 2.65. The van der Waals surface area contributed by atoms with Gasteiger partial charge in [0, 0.05) is 0 Å². The Labute approximate surface area is 99.1 Å². The maximum Gasteiger partial charge on any atom is 0.123 e. The molecule has 1 aromatic heterocycles. The van der Waals surface area contributed by atoms with Gasteiger partial charge in [-0.05, 0) is 33.6 Å². The first-order valence-electron chi connectivity index (χ1n) is 4.29. The predicted octanol–water partition coefficient (Wildman–Crippen LogP) is 3.09. The van der Waals surface area contributed by atoms with Crippen LogP contribution in [0.3, 0.4) is 0 Å². The molecule has 1 atom stereocenters. The first-order valence-corrected chi connectivity index (χ1v) is 5.90. The Kier molecular flexibility index (Phi) is 3.14. The summed E-state index contributed by atoms with van der Waals surface area (Å²) in [5.41, 5.74) is 6.84. The van der Waals surface area contributed by atoms with Gasteiger partial charge in [0.05, 0.1) is 16.0 Å². The molecule has 0 saturated heterocycles. The minimum atomic E-state index is -0.290. The van der Waals surface area contributed by atoms with E-state index in [4.69, 9.17) is 5.73 Å². The fraction of sp³-hybridized carbons (Fsp3) is 0.100. The summed E-state index contributed by atoms with van der Waals surface area (Å²) in [6, 6.07) is 5.86. The van der Waals surface area contributed by atoms with Crippen molar-refractivity contribution in [1.82, 2.24) is 4.98 Å². The Balaban J connectivity index is 2.28. The summed E-state index contributed by atoms with van der Waals surface area (Å²) in [5, 5.41) is 0.813. The highest BCUT2D eigenvalue weighted by Gasteiger charge is 2.12. The van der Waals surface area contributed by atoms with Crippen molar-refractivity contribution in [2.24, 2.45) is 5.73 Å². The molecule has 0 aliphatic carbocycles. The van der Waals surface area contributed by atoms with Gasteiger partial charge in [0.2, 0.25) is 0 Å². The molecule has 0 fully saturated rings. The largest absolute Gasteiger partial charge is 0.318 e. The second-order valence-electron chi connectivity index (χ2n) is 3.03. The Hall–Kier alpha value is -0.780. The van der Waals surface area contributed by atoms with Gasteiger partial charge in [0.1, 0.15) is 10.8 Å². The van der Waals surface area contributed by atoms with E-state index in [2.05, 4.69) is 20.9 Å². The molecule has 0 saturated carbocycles. The van der Waals surface area contributed by atoms with E-state index in [9.17, 15) is 4.39 Å². The van der Waals surface area contributed by atoms with Crippen LogP contribution in [0, 0.1) is 5.82 Å². The van der Waals surface area contributed by atoms with Crippen LogP contribution in [0.25, 0.3) is 0 Å². The maximum atomic E-state index is 12.7. The van der Waals surface area contributed by atoms with E-state index in [0.29, 0.717) is 0 Å². The smallest absolute Gasteiger partial charge is 0.123 e. The molecule has 0 spiro atoms. The van der Waals surface area contributed by atoms with Crippen molar-refractivity contribution in [3.8, 4) is 0 Å². The molecule has 5 heteroatoms. The standard InChI is InChI=1S/C10H8BrFN2S/c11-8-5-14-10(15-8)9(13)6-1-3-7(12)4-2-6/h1-5,9H,13H2. The highest BCUT2D eigenvalue weighted by Crippen LogP contribution is 2.27. The molecule has 1 heterocycles. The van der Waals surface area contributed by atoms with Gasteiger partial charge in [-0.15, -0.1) is 11.3 Å². The lowest BCUT2D eigenvalue weighted by Gasteiger charge is -2.07. The third kappa shape index (κ3) is 2.42. The van der Waals surface area contributed by atoms with Crippen LogP contribution in [-0.4, -0.2) is 4.98 Å². The van der Waals surface area contributed by atoms with Crippen LogP contribution >= 0.6 is 27.3 Å². The highest BCUT2D eigenvalue weighted by atomic mass is 79.9. The number of nitrogens with zero attached hydrogens (tertiary/aromatic N) is 1. The molecule has 2 N–H and O–H groups in total. The van der Waals surface area contributed by atoms with Gasteiger partial charge in [-0.25, -0.2) is 9.37 Å². The Morgan fingerprint density at radius 3 is 2.53 bits per heavy atom. The minimum absolute atomic E-state index is 0.258. The third-order valence-electron chi connectivity index (χ3n) is 1.99. The normalized spacial score (nSPS) is 12.7. The molecule has 0 aliphatic heterocycles. The zero-order chi connectivity index (χ0) is 10.8. The highest BCUT2D eigenvalue weighted by molar-refractivity contribution is 9.11. The summed E-state index contributed by atoms with van der Waals surface area (Å²) in [6.07, 6.45) is 1.71. The molecule has 1 aromatic carbocycles. The number of thiazole rings is 1. The number of nitrogens with two attached hydrogens (primary N) is 1. The van der Waals surface area contributed by atoms with Crippen molar-refractivity contribution in [1.29, 1.82) is 0 Å². The summed E-state index contributed by atoms with van der Waals surface area (Å²) in [4.78, 5) is 4.17. The maximum absolute atomic E-state index is 12.7. The molecule has 2 rings (SSSR count). The van der Waals surface area contributed by atoms with E-state index in [-0.39, 0.29) is 11.9 Å². The van der Waals surface area contributed by atoms with Crippen molar-refractivity contribution in [3.63, 3.8) is 0 Å². The van der Waals surface area contributed by atoms with Crippen LogP contribution in [0.2, 0.25) is 0 Å². The van der Waals surface area contributed by atoms with Crippen molar-refractivity contribution >= 4 is 27.3 Å². The first-order chi connectivity index (χ1) is 7.16. The van der Waals surface area contributed by atoms with Gasteiger partial charge in [-0.2, -0.15) is 0 Å². The van der Waals surface area contributed by atoms with Crippen molar-refractivity contribution in [2.75, 3.05) is 0 Å². The second-order valence-corrected chi connectivity index (χ2v) is 5.47. The lowest BCUT2D eigenvalue weighted by Crippen LogP contribution is -2.11. The van der Waals surface area contributed by atoms with Gasteiger partial charge < -0.3 is 5.73 Å². The van der Waals surface area contributed by atoms with E-state index in [1.54, 1.807) is 18.3 Å². The Morgan fingerprint density at radius 2 is 2.00 bits per heavy atom. The molecule has 0 aliphatic rings. The van der Waals surface area contributed by atoms with Gasteiger partial charge in [0.15, 0.2) is 0 Å². The molecule has 0 amide bonds. The first kappa shape index (κ1) is 10.7. The van der Waals surface area contributed by atoms with Crippen molar-refractivity contribution < 1.29 is 4.39 Å². The van der Waals surface area contributed by atoms with Gasteiger partial charge >= 0.3 is 0 Å². The topological polar surface area (TPSA) is 38.9 Å². The van der Waals surface area contributed by atoms with Crippen LogP contribution in [0.15, 0.2) is 34.2 Å². The van der Waals surface area contributed by atoms with Crippen LogP contribution in [-0.2, 0) is 0 Å². The van der Waals surface area contributed by atoms with E-state index >= 15 is 0 Å². The van der Waals surface area contributed by atoms with E-state index in [1.807, 2.05) is 0 Å². The molecular weight excluding hydrogens is 279 g/mol. The third-order valence-corrected chi connectivity index (χ3v) is 3.55. The van der Waals surface area contributed by atoms with Crippen molar-refractivity contribution in [2.45, 2.75) is 6.04 Å². The number of hydrogen-bond acceptors (Lipinski definition) is 3. The lowest BCUT2D eigenvalue weighted by atomic mass is 10.1. The summed E-state index contributed by atoms with van der Waals surface area (Å²) in [5.74, 6) is -0.258. The van der Waals surface area contributed by atoms with Gasteiger partial charge in [-0.1, -0.05) is 12.1 Å². The van der Waals surface area contributed by atoms with Crippen LogP contribution in [0.4, 0.5) is 4.39 Å². The molecule has 2 nitrogen and oxygen atoms in total. The molecule has 1 unspecified atom stereocenters. The quantitative estimate of drug-likeness (QED) is 0.921. The average molecular weight is 287 g/mol. The zero-order valence-electron chi connectivity index (χ0n) is 7.65. The van der Waals surface area contributed by atoms with E-state index in [0.717, 1.165) is 14.4 Å². The van der Waals surface area contributed by atoms with E-state index in [1.165, 1.54) is 23.5 Å². The predicted molar refractivity (Wildman–Crippen MR) is 62.2 cm³/mol. The minimum Gasteiger partial charge on any atom is -0.318 e. The SMILES string of the molecule is NC(c1ccc(F)cc1)c1ncc(Br)s1. The summed E-state index contributed by atoms with van der Waals surface area (Å²) in [6.45, 7) is 0. The van der Waals surface area contributed by atoms with Crippen LogP contribution in [0.1, 0.15) is 16.6 Å². The van der Waals surface area contributed by atoms with Gasteiger partial charge in [0.25, 0.3) is 0 Å². The van der Waals surface area contributed by atoms with E-state index < -0.39 is 0 Å². The molecule has 0 radical (unpaired) electrons. The molecule has 0 bridgehead atoms.